The molecule has 0 aliphatic heterocycles. The van der Waals surface area contributed by atoms with Gasteiger partial charge in [0, 0.05) is 30.4 Å². The average Bonchev–Trinajstić information content (AvgIpc) is 3.41. The largest absolute Gasteiger partial charge is 0.495 e. The van der Waals surface area contributed by atoms with Crippen LogP contribution in [0.4, 0.5) is 5.69 Å². The molecule has 0 atom stereocenters. The van der Waals surface area contributed by atoms with E-state index >= 15 is 0 Å². The van der Waals surface area contributed by atoms with Crippen molar-refractivity contribution in [2.75, 3.05) is 18.2 Å². The zero-order valence-electron chi connectivity index (χ0n) is 18.4. The maximum Gasteiger partial charge on any atom is 0.234 e. The van der Waals surface area contributed by atoms with Gasteiger partial charge in [0.25, 0.3) is 0 Å². The minimum absolute atomic E-state index is 0.153. The van der Waals surface area contributed by atoms with Crippen molar-refractivity contribution in [1.82, 2.24) is 24.5 Å². The van der Waals surface area contributed by atoms with Gasteiger partial charge in [-0.2, -0.15) is 5.10 Å². The van der Waals surface area contributed by atoms with Crippen LogP contribution in [0.3, 0.4) is 0 Å². The van der Waals surface area contributed by atoms with E-state index in [1.807, 2.05) is 61.1 Å². The predicted molar refractivity (Wildman–Crippen MR) is 131 cm³/mol. The summed E-state index contributed by atoms with van der Waals surface area (Å²) in [6.45, 7) is 2.66. The molecule has 4 rings (SSSR count). The number of methoxy groups -OCH3 is 1. The second-order valence-corrected chi connectivity index (χ2v) is 8.54. The summed E-state index contributed by atoms with van der Waals surface area (Å²) in [5.41, 5.74) is 3.22. The summed E-state index contributed by atoms with van der Waals surface area (Å²) < 4.78 is 9.03. The van der Waals surface area contributed by atoms with Crippen LogP contribution in [0.1, 0.15) is 6.92 Å². The number of carbonyl (C=O) groups excluding carboxylic acids is 1. The fourth-order valence-electron chi connectivity index (χ4n) is 3.42. The Morgan fingerprint density at radius 1 is 1.15 bits per heavy atom. The Morgan fingerprint density at radius 3 is 2.64 bits per heavy atom. The lowest BCUT2D eigenvalue weighted by molar-refractivity contribution is -0.113. The van der Waals surface area contributed by atoms with Gasteiger partial charge in [0.05, 0.1) is 24.1 Å². The van der Waals surface area contributed by atoms with Gasteiger partial charge in [-0.25, -0.2) is 0 Å². The van der Waals surface area contributed by atoms with Crippen LogP contribution in [-0.4, -0.2) is 43.3 Å². The van der Waals surface area contributed by atoms with Crippen LogP contribution >= 0.6 is 23.4 Å². The van der Waals surface area contributed by atoms with Crippen molar-refractivity contribution in [1.29, 1.82) is 0 Å². The average molecular weight is 483 g/mol. The summed E-state index contributed by atoms with van der Waals surface area (Å²) in [6.07, 6.45) is 1.92. The lowest BCUT2D eigenvalue weighted by Crippen LogP contribution is -2.15. The highest BCUT2D eigenvalue weighted by Gasteiger charge is 2.20. The van der Waals surface area contributed by atoms with Gasteiger partial charge < -0.3 is 14.6 Å². The van der Waals surface area contributed by atoms with Gasteiger partial charge in [-0.05, 0) is 31.2 Å². The van der Waals surface area contributed by atoms with E-state index in [0.29, 0.717) is 34.0 Å². The molecule has 1 N–H and O–H groups in total. The minimum atomic E-state index is -0.153. The summed E-state index contributed by atoms with van der Waals surface area (Å²) in [4.78, 5) is 12.5. The Bertz CT molecular complexity index is 1270. The van der Waals surface area contributed by atoms with Crippen LogP contribution in [0.15, 0.2) is 59.9 Å². The predicted octanol–water partition coefficient (Wildman–Crippen LogP) is 4.76. The number of ether oxygens (including phenoxy) is 1. The molecule has 0 radical (unpaired) electrons. The number of benzene rings is 2. The number of hydrogen-bond donors (Lipinski definition) is 1. The van der Waals surface area contributed by atoms with Gasteiger partial charge in [0.2, 0.25) is 5.91 Å². The van der Waals surface area contributed by atoms with Gasteiger partial charge >= 0.3 is 0 Å². The number of para-hydroxylation sites is 2. The first kappa shape index (κ1) is 22.9. The molecule has 0 saturated heterocycles. The molecule has 0 unspecified atom stereocenters. The quantitative estimate of drug-likeness (QED) is 0.364. The summed E-state index contributed by atoms with van der Waals surface area (Å²) in [6, 6.07) is 14.8. The van der Waals surface area contributed by atoms with Crippen LogP contribution in [0.5, 0.6) is 5.75 Å². The van der Waals surface area contributed by atoms with E-state index < -0.39 is 0 Å². The first-order valence-corrected chi connectivity index (χ1v) is 11.6. The second kappa shape index (κ2) is 10.1. The summed E-state index contributed by atoms with van der Waals surface area (Å²) in [7, 11) is 3.44. The molecular formula is C23H23ClN6O2S. The third-order valence-corrected chi connectivity index (χ3v) is 6.15. The fourth-order valence-corrected chi connectivity index (χ4v) is 4.35. The van der Waals surface area contributed by atoms with Gasteiger partial charge in [0.1, 0.15) is 11.4 Å². The van der Waals surface area contributed by atoms with Gasteiger partial charge in [0.15, 0.2) is 11.0 Å². The summed E-state index contributed by atoms with van der Waals surface area (Å²) >= 11 is 7.38. The molecule has 0 spiro atoms. The van der Waals surface area contributed by atoms with Crippen molar-refractivity contribution < 1.29 is 9.53 Å². The molecule has 2 aromatic heterocycles. The molecule has 0 fully saturated rings. The highest BCUT2D eigenvalue weighted by atomic mass is 35.5. The van der Waals surface area contributed by atoms with Crippen LogP contribution < -0.4 is 10.1 Å². The van der Waals surface area contributed by atoms with Crippen LogP contribution in [0, 0.1) is 0 Å². The molecule has 170 valence electrons. The third-order valence-electron chi connectivity index (χ3n) is 4.93. The molecule has 0 aliphatic rings. The van der Waals surface area contributed by atoms with Gasteiger partial charge in [-0.3, -0.25) is 9.48 Å². The van der Waals surface area contributed by atoms with Crippen molar-refractivity contribution in [3.05, 3.63) is 59.8 Å². The number of aryl methyl sites for hydroxylation is 1. The summed E-state index contributed by atoms with van der Waals surface area (Å²) in [5, 5.41) is 17.6. The number of halogens is 1. The molecular weight excluding hydrogens is 460 g/mol. The maximum atomic E-state index is 12.5. The van der Waals surface area contributed by atoms with Crippen LogP contribution in [0.2, 0.25) is 5.02 Å². The number of nitrogens with zero attached hydrogens (tertiary/aromatic N) is 5. The highest BCUT2D eigenvalue weighted by molar-refractivity contribution is 7.99. The number of nitrogens with one attached hydrogen (secondary N) is 1. The van der Waals surface area contributed by atoms with Gasteiger partial charge in [-0.1, -0.05) is 47.6 Å². The standard InChI is InChI=1S/C23H23ClN6O2S/c1-4-30-22(17-13-29(2)28-21(17)15-9-11-16(24)12-10-15)26-27-23(30)33-14-20(31)25-18-7-5-6-8-19(18)32-3/h5-13H,4,14H2,1-3H3,(H,25,31). The monoisotopic (exact) mass is 482 g/mol. The molecule has 4 aromatic rings. The Morgan fingerprint density at radius 2 is 1.91 bits per heavy atom. The van der Waals surface area contributed by atoms with E-state index in [9.17, 15) is 4.79 Å². The Balaban J connectivity index is 1.55. The molecule has 2 heterocycles. The van der Waals surface area contributed by atoms with Gasteiger partial charge in [-0.15, -0.1) is 10.2 Å². The number of amides is 1. The smallest absolute Gasteiger partial charge is 0.234 e. The van der Waals surface area contributed by atoms with E-state index in [4.69, 9.17) is 16.3 Å². The second-order valence-electron chi connectivity index (χ2n) is 7.16. The normalized spacial score (nSPS) is 10.9. The maximum absolute atomic E-state index is 12.5. The SMILES string of the molecule is CCn1c(SCC(=O)Nc2ccccc2OC)nnc1-c1cn(C)nc1-c1ccc(Cl)cc1. The minimum Gasteiger partial charge on any atom is -0.495 e. The summed E-state index contributed by atoms with van der Waals surface area (Å²) in [5.74, 6) is 1.34. The van der Waals surface area contributed by atoms with Crippen molar-refractivity contribution in [3.8, 4) is 28.4 Å². The lowest BCUT2D eigenvalue weighted by atomic mass is 10.1. The number of anilines is 1. The number of carbonyl (C=O) groups is 1. The first-order chi connectivity index (χ1) is 16.0. The number of rotatable bonds is 8. The van der Waals surface area contributed by atoms with E-state index in [1.165, 1.54) is 11.8 Å². The Hall–Kier alpha value is -3.30. The molecule has 1 amide bonds. The molecule has 2 aromatic carbocycles. The van der Waals surface area contributed by atoms with Crippen LogP contribution in [0.25, 0.3) is 22.6 Å². The van der Waals surface area contributed by atoms with Crippen molar-refractivity contribution in [2.45, 2.75) is 18.6 Å². The first-order valence-electron chi connectivity index (χ1n) is 10.3. The highest BCUT2D eigenvalue weighted by Crippen LogP contribution is 2.32. The van der Waals surface area contributed by atoms with E-state index in [1.54, 1.807) is 23.9 Å². The third kappa shape index (κ3) is 5.04. The number of hydrogen-bond acceptors (Lipinski definition) is 6. The van der Waals surface area contributed by atoms with E-state index in [2.05, 4.69) is 20.6 Å². The topological polar surface area (TPSA) is 86.9 Å². The van der Waals surface area contributed by atoms with Crippen molar-refractivity contribution in [2.24, 2.45) is 7.05 Å². The zero-order valence-corrected chi connectivity index (χ0v) is 20.0. The molecule has 0 aliphatic carbocycles. The van der Waals surface area contributed by atoms with Crippen molar-refractivity contribution in [3.63, 3.8) is 0 Å². The van der Waals surface area contributed by atoms with Crippen LogP contribution in [-0.2, 0) is 18.4 Å². The van der Waals surface area contributed by atoms with E-state index in [0.717, 1.165) is 16.8 Å². The van der Waals surface area contributed by atoms with E-state index in [-0.39, 0.29) is 11.7 Å². The number of thioether (sulfide) groups is 1. The molecule has 10 heteroatoms. The molecule has 0 bridgehead atoms. The lowest BCUT2D eigenvalue weighted by Gasteiger charge is -2.10. The van der Waals surface area contributed by atoms with Crippen molar-refractivity contribution >= 4 is 35.0 Å². The molecule has 8 nitrogen and oxygen atoms in total. The molecule has 0 saturated carbocycles. The molecule has 33 heavy (non-hydrogen) atoms. The Labute approximate surface area is 200 Å². The fraction of sp³-hybridized carbons (Fsp3) is 0.217. The number of aromatic nitrogens is 5. The zero-order chi connectivity index (χ0) is 23.4. The Kier molecular flexibility index (Phi) is 7.00.